The average molecular weight is 1180 g/mol. The van der Waals surface area contributed by atoms with Gasteiger partial charge in [0.25, 0.3) is 0 Å². The summed E-state index contributed by atoms with van der Waals surface area (Å²) in [6, 6.07) is 73.0. The lowest BCUT2D eigenvalue weighted by molar-refractivity contribution is 0.568. The Hall–Kier alpha value is -7.10. The Balaban J connectivity index is 1.29. The standard InChI is InChI=1S/C78H85BN4S2Si/c1-73(2,3)52-38-34-50(35-39-52)69-80-67-71(84-69)82(58-44-54(75(7,8)9)42-55(45-58)76(10,11)12)64-48-63(86(60-28-22-19-23-29-60,61-30-24-20-25-31-61)62-32-26-21-27-33-62)49-65-66(64)79(67)68-72(85-70(81-68)51-36-40-53(41-37-51)74(4,5)6)83(65)59-46-56(77(13,14)15)43-57(47-59)78(16,17)18/h19-49H,1-18H3. The molecule has 0 fully saturated rings. The van der Waals surface area contributed by atoms with Gasteiger partial charge >= 0.3 is 6.71 Å². The normalized spacial score (nSPS) is 13.9. The monoisotopic (exact) mass is 1180 g/mol. The summed E-state index contributed by atoms with van der Waals surface area (Å²) in [4.78, 5) is 17.3. The van der Waals surface area contributed by atoms with Crippen molar-refractivity contribution in [2.24, 2.45) is 0 Å². The molecule has 2 aliphatic rings. The number of anilines is 6. The second-order valence-corrected chi connectivity index (χ2v) is 36.3. The summed E-state index contributed by atoms with van der Waals surface area (Å²) in [5.41, 5.74) is 17.4. The average Bonchev–Trinajstić information content (AvgIpc) is 1.25. The molecule has 0 aliphatic carbocycles. The van der Waals surface area contributed by atoms with E-state index in [0.717, 1.165) is 53.7 Å². The molecule has 0 atom stereocenters. The van der Waals surface area contributed by atoms with Gasteiger partial charge in [-0.1, -0.05) is 299 Å². The molecule has 0 saturated heterocycles. The Bertz CT molecular complexity index is 3790. The van der Waals surface area contributed by atoms with Crippen molar-refractivity contribution in [3.05, 3.63) is 221 Å². The fraction of sp³-hybridized carbons (Fsp3) is 0.308. The number of fused-ring (bicyclic) bond motifs is 4. The molecule has 86 heavy (non-hydrogen) atoms. The number of nitrogens with zero attached hydrogens (tertiary/aromatic N) is 4. The largest absolute Gasteiger partial charge is 0.301 e. The molecule has 0 saturated carbocycles. The molecule has 2 aliphatic heterocycles. The summed E-state index contributed by atoms with van der Waals surface area (Å²) in [7, 11) is -3.23. The van der Waals surface area contributed by atoms with Crippen molar-refractivity contribution in [3.8, 4) is 21.1 Å². The number of aromatic nitrogens is 2. The number of thiazole rings is 2. The van der Waals surface area contributed by atoms with E-state index in [2.05, 4.69) is 322 Å². The predicted molar refractivity (Wildman–Crippen MR) is 378 cm³/mol. The van der Waals surface area contributed by atoms with E-state index in [-0.39, 0.29) is 39.2 Å². The van der Waals surface area contributed by atoms with Crippen molar-refractivity contribution in [3.63, 3.8) is 0 Å². The molecule has 8 heteroatoms. The van der Waals surface area contributed by atoms with Crippen LogP contribution in [-0.4, -0.2) is 24.8 Å². The molecular formula is C78H85BN4S2Si. The third-order valence-corrected chi connectivity index (χ3v) is 25.0. The fourth-order valence-corrected chi connectivity index (χ4v) is 19.8. The third-order valence-electron chi connectivity index (χ3n) is 18.0. The summed E-state index contributed by atoms with van der Waals surface area (Å²) < 4.78 is 0. The third kappa shape index (κ3) is 10.6. The zero-order valence-corrected chi connectivity index (χ0v) is 56.7. The van der Waals surface area contributed by atoms with E-state index < -0.39 is 8.07 Å². The van der Waals surface area contributed by atoms with Crippen molar-refractivity contribution in [1.82, 2.24) is 9.97 Å². The van der Waals surface area contributed by atoms with E-state index in [1.54, 1.807) is 0 Å². The summed E-state index contributed by atoms with van der Waals surface area (Å²) in [6.45, 7) is 41.8. The Morgan fingerprint density at radius 2 is 0.616 bits per heavy atom. The van der Waals surface area contributed by atoms with Crippen LogP contribution in [0.4, 0.5) is 32.8 Å². The first-order valence-corrected chi connectivity index (χ1v) is 34.5. The van der Waals surface area contributed by atoms with Gasteiger partial charge in [-0.25, -0.2) is 9.97 Å². The molecule has 0 N–H and O–H groups in total. The highest BCUT2D eigenvalue weighted by Gasteiger charge is 2.51. The van der Waals surface area contributed by atoms with Crippen molar-refractivity contribution in [2.45, 2.75) is 157 Å². The molecule has 10 aromatic rings. The minimum Gasteiger partial charge on any atom is -0.301 e. The number of benzene rings is 8. The quantitative estimate of drug-likeness (QED) is 0.112. The highest BCUT2D eigenvalue weighted by atomic mass is 32.1. The molecule has 436 valence electrons. The van der Waals surface area contributed by atoms with E-state index in [1.807, 2.05) is 22.7 Å². The predicted octanol–water partition coefficient (Wildman–Crippen LogP) is 17.2. The van der Waals surface area contributed by atoms with Gasteiger partial charge in [-0.05, 0) is 128 Å². The van der Waals surface area contributed by atoms with E-state index in [0.29, 0.717) is 0 Å². The van der Waals surface area contributed by atoms with Gasteiger partial charge in [0.15, 0.2) is 8.07 Å². The molecule has 0 unspecified atom stereocenters. The van der Waals surface area contributed by atoms with Crippen molar-refractivity contribution in [2.75, 3.05) is 9.80 Å². The van der Waals surface area contributed by atoms with Crippen LogP contribution in [0.25, 0.3) is 21.1 Å². The lowest BCUT2D eigenvalue weighted by atomic mass is 9.37. The Morgan fingerprint density at radius 3 is 0.895 bits per heavy atom. The maximum Gasteiger partial charge on any atom is 0.300 e. The number of rotatable bonds is 8. The van der Waals surface area contributed by atoms with Gasteiger partial charge in [0.2, 0.25) is 0 Å². The zero-order chi connectivity index (χ0) is 61.3. The number of hydrogen-bond acceptors (Lipinski definition) is 6. The highest BCUT2D eigenvalue weighted by Crippen LogP contribution is 2.51. The first-order chi connectivity index (χ1) is 40.4. The Labute approximate surface area is 523 Å². The lowest BCUT2D eigenvalue weighted by Crippen LogP contribution is -2.75. The summed E-state index contributed by atoms with van der Waals surface area (Å²) >= 11 is 3.65. The molecule has 12 rings (SSSR count). The highest BCUT2D eigenvalue weighted by molar-refractivity contribution is 7.25. The van der Waals surface area contributed by atoms with Crippen LogP contribution in [0.2, 0.25) is 0 Å². The van der Waals surface area contributed by atoms with Crippen LogP contribution < -0.4 is 47.2 Å². The first kappa shape index (κ1) is 59.2. The van der Waals surface area contributed by atoms with Gasteiger partial charge < -0.3 is 9.80 Å². The second-order valence-electron chi connectivity index (χ2n) is 30.5. The van der Waals surface area contributed by atoms with E-state index >= 15 is 0 Å². The van der Waals surface area contributed by atoms with Gasteiger partial charge in [0.1, 0.15) is 20.0 Å². The van der Waals surface area contributed by atoms with E-state index in [1.165, 1.54) is 71.0 Å². The molecule has 8 aromatic carbocycles. The molecule has 4 heterocycles. The molecule has 0 amide bonds. The smallest absolute Gasteiger partial charge is 0.300 e. The molecule has 0 bridgehead atoms. The van der Waals surface area contributed by atoms with Crippen LogP contribution in [0.1, 0.15) is 158 Å². The van der Waals surface area contributed by atoms with Crippen LogP contribution in [0.3, 0.4) is 0 Å². The van der Waals surface area contributed by atoms with Crippen LogP contribution >= 0.6 is 22.7 Å². The molecular weight excluding hydrogens is 1100 g/mol. The lowest BCUT2D eigenvalue weighted by Gasteiger charge is -2.43. The fourth-order valence-electron chi connectivity index (χ4n) is 12.7. The molecule has 4 nitrogen and oxygen atoms in total. The second kappa shape index (κ2) is 21.1. The van der Waals surface area contributed by atoms with Crippen LogP contribution in [0.5, 0.6) is 0 Å². The minimum atomic E-state index is -3.23. The molecule has 0 radical (unpaired) electrons. The van der Waals surface area contributed by atoms with Gasteiger partial charge in [-0.2, -0.15) is 0 Å². The van der Waals surface area contributed by atoms with Gasteiger partial charge in [-0.3, -0.25) is 0 Å². The van der Waals surface area contributed by atoms with Gasteiger partial charge in [0, 0.05) is 33.9 Å². The summed E-state index contributed by atoms with van der Waals surface area (Å²) in [5.74, 6) is 0. The maximum absolute atomic E-state index is 6.01. The number of hydrogen-bond donors (Lipinski definition) is 0. The van der Waals surface area contributed by atoms with E-state index in [4.69, 9.17) is 9.97 Å². The maximum atomic E-state index is 6.01. The summed E-state index contributed by atoms with van der Waals surface area (Å²) in [6.07, 6.45) is 0. The van der Waals surface area contributed by atoms with E-state index in [9.17, 15) is 0 Å². The van der Waals surface area contributed by atoms with Crippen molar-refractivity contribution < 1.29 is 0 Å². The minimum absolute atomic E-state index is 0.00756. The van der Waals surface area contributed by atoms with Crippen molar-refractivity contribution >= 4 is 108 Å². The SMILES string of the molecule is CC(C)(C)c1ccc(-c2nc3c(s2)N(c2cc(C(C)(C)C)cc(C(C)(C)C)c2)c2cc([Si](c4ccccc4)(c4ccccc4)c4ccccc4)cc4c2B3c2nc(-c3ccc(C(C)(C)C)cc3)sc2N4c2cc(C(C)(C)C)cc(C(C)(C)C)c2)cc1. The zero-order valence-electron chi connectivity index (χ0n) is 54.1. The molecule has 0 spiro atoms. The molecule has 2 aromatic heterocycles. The van der Waals surface area contributed by atoms with Crippen molar-refractivity contribution in [1.29, 1.82) is 0 Å². The van der Waals surface area contributed by atoms with Crippen LogP contribution in [0, 0.1) is 0 Å². The van der Waals surface area contributed by atoms with Gasteiger partial charge in [0.05, 0.1) is 11.2 Å². The van der Waals surface area contributed by atoms with Crippen LogP contribution in [-0.2, 0) is 32.5 Å². The Kier molecular flexibility index (Phi) is 14.5. The Morgan fingerprint density at radius 1 is 0.326 bits per heavy atom. The van der Waals surface area contributed by atoms with Gasteiger partial charge in [-0.15, -0.1) is 0 Å². The first-order valence-electron chi connectivity index (χ1n) is 30.9. The summed E-state index contributed by atoms with van der Waals surface area (Å²) in [5, 5.41) is 9.58. The topological polar surface area (TPSA) is 32.3 Å². The van der Waals surface area contributed by atoms with Crippen LogP contribution in [0.15, 0.2) is 188 Å².